The molecule has 0 aliphatic carbocycles. The molecule has 0 bridgehead atoms. The fraction of sp³-hybridized carbons (Fsp3) is 0.429. The van der Waals surface area contributed by atoms with Gasteiger partial charge in [0.2, 0.25) is 5.91 Å². The number of para-hydroxylation sites is 1. The topological polar surface area (TPSA) is 105 Å². The standard InChI is InChI=1S/C21H27N3O5/c1-4-10-22-21(28)23-18(25)13-29-20(27)15-11-19(26)24(12-15)17-9-7-6-8-16(17)14(3)5-2/h4,6-9,14-15H,1,5,10-13H2,2-3H3,(H2,22,23,25,28)/t14-,15+/m0/s1. The van der Waals surface area contributed by atoms with Gasteiger partial charge < -0.3 is 15.0 Å². The van der Waals surface area contributed by atoms with Crippen LogP contribution < -0.4 is 15.5 Å². The summed E-state index contributed by atoms with van der Waals surface area (Å²) in [7, 11) is 0. The Kier molecular flexibility index (Phi) is 7.94. The number of carbonyl (C=O) groups is 4. The van der Waals surface area contributed by atoms with Gasteiger partial charge in [-0.3, -0.25) is 19.7 Å². The lowest BCUT2D eigenvalue weighted by Gasteiger charge is -2.23. The lowest BCUT2D eigenvalue weighted by molar-refractivity contribution is -0.152. The van der Waals surface area contributed by atoms with Crippen LogP contribution in [0.1, 0.15) is 38.2 Å². The minimum Gasteiger partial charge on any atom is -0.455 e. The largest absolute Gasteiger partial charge is 0.455 e. The quantitative estimate of drug-likeness (QED) is 0.513. The lowest BCUT2D eigenvalue weighted by atomic mass is 9.96. The Hall–Kier alpha value is -3.16. The number of anilines is 1. The highest BCUT2D eigenvalue weighted by Gasteiger charge is 2.37. The van der Waals surface area contributed by atoms with Gasteiger partial charge in [-0.2, -0.15) is 0 Å². The second-order valence-corrected chi connectivity index (χ2v) is 6.93. The van der Waals surface area contributed by atoms with Gasteiger partial charge >= 0.3 is 12.0 Å². The fourth-order valence-corrected chi connectivity index (χ4v) is 3.09. The summed E-state index contributed by atoms with van der Waals surface area (Å²) in [5.41, 5.74) is 1.86. The van der Waals surface area contributed by atoms with Gasteiger partial charge in [-0.25, -0.2) is 4.79 Å². The van der Waals surface area contributed by atoms with E-state index >= 15 is 0 Å². The van der Waals surface area contributed by atoms with Gasteiger partial charge in [-0.1, -0.05) is 38.1 Å². The Labute approximate surface area is 170 Å². The summed E-state index contributed by atoms with van der Waals surface area (Å²) in [4.78, 5) is 49.5. The van der Waals surface area contributed by atoms with Crippen LogP contribution in [0, 0.1) is 5.92 Å². The molecule has 8 nitrogen and oxygen atoms in total. The predicted octanol–water partition coefficient (Wildman–Crippen LogP) is 2.11. The lowest BCUT2D eigenvalue weighted by Crippen LogP contribution is -2.41. The number of benzene rings is 1. The van der Waals surface area contributed by atoms with Gasteiger partial charge in [-0.15, -0.1) is 6.58 Å². The highest BCUT2D eigenvalue weighted by Crippen LogP contribution is 2.33. The summed E-state index contributed by atoms with van der Waals surface area (Å²) < 4.78 is 4.99. The maximum atomic E-state index is 12.5. The van der Waals surface area contributed by atoms with E-state index in [0.29, 0.717) is 0 Å². The second kappa shape index (κ2) is 10.4. The van der Waals surface area contributed by atoms with E-state index in [1.165, 1.54) is 6.08 Å². The molecule has 2 atom stereocenters. The molecule has 1 aromatic rings. The number of carbonyl (C=O) groups excluding carboxylic acids is 4. The monoisotopic (exact) mass is 401 g/mol. The first-order chi connectivity index (χ1) is 13.9. The number of imide groups is 1. The molecule has 1 saturated heterocycles. The molecule has 2 rings (SSSR count). The number of ether oxygens (including phenoxy) is 1. The molecule has 1 aromatic carbocycles. The van der Waals surface area contributed by atoms with Crippen molar-refractivity contribution in [2.45, 2.75) is 32.6 Å². The predicted molar refractivity (Wildman–Crippen MR) is 108 cm³/mol. The molecule has 29 heavy (non-hydrogen) atoms. The average Bonchev–Trinajstić information content (AvgIpc) is 3.11. The number of amides is 4. The van der Waals surface area contributed by atoms with E-state index < -0.39 is 30.4 Å². The summed E-state index contributed by atoms with van der Waals surface area (Å²) in [6.45, 7) is 7.43. The normalized spacial score (nSPS) is 16.8. The van der Waals surface area contributed by atoms with Crippen molar-refractivity contribution in [3.8, 4) is 0 Å². The smallest absolute Gasteiger partial charge is 0.321 e. The van der Waals surface area contributed by atoms with Gasteiger partial charge in [0.15, 0.2) is 6.61 Å². The van der Waals surface area contributed by atoms with Crippen molar-refractivity contribution < 1.29 is 23.9 Å². The van der Waals surface area contributed by atoms with E-state index in [-0.39, 0.29) is 31.3 Å². The molecular formula is C21H27N3O5. The van der Waals surface area contributed by atoms with Crippen molar-refractivity contribution >= 4 is 29.5 Å². The van der Waals surface area contributed by atoms with Crippen molar-refractivity contribution in [1.82, 2.24) is 10.6 Å². The van der Waals surface area contributed by atoms with E-state index in [1.807, 2.05) is 29.6 Å². The Morgan fingerprint density at radius 1 is 1.34 bits per heavy atom. The summed E-state index contributed by atoms with van der Waals surface area (Å²) in [6.07, 6.45) is 2.42. The molecule has 1 aliphatic heterocycles. The summed E-state index contributed by atoms with van der Waals surface area (Å²) >= 11 is 0. The second-order valence-electron chi connectivity index (χ2n) is 6.93. The molecule has 8 heteroatoms. The van der Waals surface area contributed by atoms with Crippen LogP contribution in [0.5, 0.6) is 0 Å². The Morgan fingerprint density at radius 3 is 2.76 bits per heavy atom. The first kappa shape index (κ1) is 22.1. The van der Waals surface area contributed by atoms with E-state index in [0.717, 1.165) is 17.7 Å². The number of urea groups is 1. The molecule has 1 fully saturated rings. The third-order valence-electron chi connectivity index (χ3n) is 4.83. The molecule has 156 valence electrons. The molecule has 0 radical (unpaired) electrons. The van der Waals surface area contributed by atoms with E-state index in [1.54, 1.807) is 4.90 Å². The third kappa shape index (κ3) is 5.91. The van der Waals surface area contributed by atoms with Crippen LogP contribution in [0.25, 0.3) is 0 Å². The number of hydrogen-bond acceptors (Lipinski definition) is 5. The van der Waals surface area contributed by atoms with Crippen molar-refractivity contribution in [2.75, 3.05) is 24.6 Å². The SMILES string of the molecule is C=CCNC(=O)NC(=O)COC(=O)[C@@H]1CC(=O)N(c2ccccc2[C@@H](C)CC)C1. The zero-order valence-electron chi connectivity index (χ0n) is 16.8. The highest BCUT2D eigenvalue weighted by atomic mass is 16.5. The Morgan fingerprint density at radius 2 is 2.07 bits per heavy atom. The molecule has 4 amide bonds. The van der Waals surface area contributed by atoms with Crippen LogP contribution in [0.3, 0.4) is 0 Å². The van der Waals surface area contributed by atoms with E-state index in [2.05, 4.69) is 25.7 Å². The van der Waals surface area contributed by atoms with Crippen LogP contribution in [-0.2, 0) is 19.1 Å². The maximum absolute atomic E-state index is 12.5. The van der Waals surface area contributed by atoms with E-state index in [9.17, 15) is 19.2 Å². The Bertz CT molecular complexity index is 792. The van der Waals surface area contributed by atoms with Gasteiger partial charge in [0, 0.05) is 25.2 Å². The number of nitrogens with zero attached hydrogens (tertiary/aromatic N) is 1. The maximum Gasteiger partial charge on any atom is 0.321 e. The van der Waals surface area contributed by atoms with Crippen molar-refractivity contribution in [3.05, 3.63) is 42.5 Å². The zero-order chi connectivity index (χ0) is 21.4. The number of nitrogens with one attached hydrogen (secondary N) is 2. The van der Waals surface area contributed by atoms with E-state index in [4.69, 9.17) is 4.74 Å². The molecule has 0 unspecified atom stereocenters. The van der Waals surface area contributed by atoms with Crippen LogP contribution in [0.15, 0.2) is 36.9 Å². The fourth-order valence-electron chi connectivity index (χ4n) is 3.09. The molecule has 1 aliphatic rings. The average molecular weight is 401 g/mol. The third-order valence-corrected chi connectivity index (χ3v) is 4.83. The zero-order valence-corrected chi connectivity index (χ0v) is 16.8. The summed E-state index contributed by atoms with van der Waals surface area (Å²) in [6, 6.07) is 6.96. The van der Waals surface area contributed by atoms with Crippen molar-refractivity contribution in [1.29, 1.82) is 0 Å². The van der Waals surface area contributed by atoms with Crippen LogP contribution in [-0.4, -0.2) is 43.5 Å². The minimum absolute atomic E-state index is 0.0229. The van der Waals surface area contributed by atoms with Crippen LogP contribution >= 0.6 is 0 Å². The van der Waals surface area contributed by atoms with Crippen LogP contribution in [0.4, 0.5) is 10.5 Å². The first-order valence-electron chi connectivity index (χ1n) is 9.61. The Balaban J connectivity index is 1.93. The van der Waals surface area contributed by atoms with Crippen molar-refractivity contribution in [3.63, 3.8) is 0 Å². The van der Waals surface area contributed by atoms with Gasteiger partial charge in [0.25, 0.3) is 5.91 Å². The van der Waals surface area contributed by atoms with Gasteiger partial charge in [0.1, 0.15) is 0 Å². The summed E-state index contributed by atoms with van der Waals surface area (Å²) in [5.74, 6) is -1.92. The molecule has 0 saturated carbocycles. The number of esters is 1. The minimum atomic E-state index is -0.747. The molecular weight excluding hydrogens is 374 g/mol. The van der Waals surface area contributed by atoms with Crippen LogP contribution in [0.2, 0.25) is 0 Å². The number of hydrogen-bond donors (Lipinski definition) is 2. The highest BCUT2D eigenvalue weighted by molar-refractivity contribution is 6.00. The number of rotatable bonds is 8. The molecule has 1 heterocycles. The molecule has 0 spiro atoms. The molecule has 0 aromatic heterocycles. The van der Waals surface area contributed by atoms with Gasteiger partial charge in [-0.05, 0) is 24.0 Å². The van der Waals surface area contributed by atoms with Crippen molar-refractivity contribution in [2.24, 2.45) is 5.92 Å². The molecule has 2 N–H and O–H groups in total. The van der Waals surface area contributed by atoms with Gasteiger partial charge in [0.05, 0.1) is 5.92 Å². The first-order valence-corrected chi connectivity index (χ1v) is 9.61. The summed E-state index contributed by atoms with van der Waals surface area (Å²) in [5, 5.41) is 4.41.